The Balaban J connectivity index is 1.29. The molecule has 3 aromatic carbocycles. The number of unbranched alkanes of at least 4 members (excludes halogenated alkanes) is 1. The van der Waals surface area contributed by atoms with Gasteiger partial charge < -0.3 is 18.9 Å². The van der Waals surface area contributed by atoms with Crippen molar-refractivity contribution in [2.24, 2.45) is 0 Å². The predicted octanol–water partition coefficient (Wildman–Crippen LogP) is 6.08. The standard InChI is InChI=1S/C28H28ClN3O3/c1-34-25-13-4-5-14-26(25)35-16-7-6-15-31-24-12-3-2-11-23(24)30-28(31)20-17-27(33)32(19-20)22-10-8-9-21(29)18-22/h2-5,8-14,18,20H,6-7,15-17,19H2,1H3/t20-/m1/s1. The van der Waals surface area contributed by atoms with E-state index in [0.29, 0.717) is 24.6 Å². The largest absolute Gasteiger partial charge is 0.493 e. The van der Waals surface area contributed by atoms with E-state index in [0.717, 1.165) is 53.4 Å². The molecule has 0 N–H and O–H groups in total. The number of aromatic nitrogens is 2. The maximum atomic E-state index is 12.9. The minimum atomic E-state index is 0.0266. The van der Waals surface area contributed by atoms with E-state index in [1.165, 1.54) is 0 Å². The Hall–Kier alpha value is -3.51. The number of carbonyl (C=O) groups is 1. The summed E-state index contributed by atoms with van der Waals surface area (Å²) in [6, 6.07) is 23.3. The second-order valence-electron chi connectivity index (χ2n) is 8.70. The van der Waals surface area contributed by atoms with Gasteiger partial charge in [-0.15, -0.1) is 0 Å². The summed E-state index contributed by atoms with van der Waals surface area (Å²) < 4.78 is 13.6. The first kappa shape index (κ1) is 23.2. The van der Waals surface area contributed by atoms with Gasteiger partial charge in [-0.05, 0) is 55.3 Å². The number of halogens is 1. The van der Waals surface area contributed by atoms with Crippen LogP contribution in [0.4, 0.5) is 5.69 Å². The number of rotatable bonds is 9. The average Bonchev–Trinajstić information content (AvgIpc) is 3.44. The van der Waals surface area contributed by atoms with Gasteiger partial charge in [0.2, 0.25) is 5.91 Å². The van der Waals surface area contributed by atoms with E-state index >= 15 is 0 Å². The number of aryl methyl sites for hydroxylation is 1. The zero-order chi connectivity index (χ0) is 24.2. The molecule has 5 rings (SSSR count). The quantitative estimate of drug-likeness (QED) is 0.267. The maximum Gasteiger partial charge on any atom is 0.227 e. The number of hydrogen-bond donors (Lipinski definition) is 0. The number of ether oxygens (including phenoxy) is 2. The van der Waals surface area contributed by atoms with Gasteiger partial charge in [0.15, 0.2) is 11.5 Å². The van der Waals surface area contributed by atoms with Crippen LogP contribution in [-0.2, 0) is 11.3 Å². The highest BCUT2D eigenvalue weighted by Gasteiger charge is 2.34. The monoisotopic (exact) mass is 489 g/mol. The third-order valence-corrected chi connectivity index (χ3v) is 6.63. The van der Waals surface area contributed by atoms with Crippen LogP contribution in [0.3, 0.4) is 0 Å². The van der Waals surface area contributed by atoms with Gasteiger partial charge in [-0.25, -0.2) is 4.98 Å². The molecule has 7 heteroatoms. The van der Waals surface area contributed by atoms with Crippen LogP contribution in [0.5, 0.6) is 11.5 Å². The second-order valence-corrected chi connectivity index (χ2v) is 9.14. The number of anilines is 1. The lowest BCUT2D eigenvalue weighted by Gasteiger charge is -2.18. The molecule has 4 aromatic rings. The normalized spacial score (nSPS) is 15.7. The molecular formula is C28H28ClN3O3. The number of methoxy groups -OCH3 is 1. The van der Waals surface area contributed by atoms with Crippen molar-refractivity contribution >= 4 is 34.2 Å². The lowest BCUT2D eigenvalue weighted by atomic mass is 10.1. The number of benzene rings is 3. The van der Waals surface area contributed by atoms with Crippen molar-refractivity contribution in [3.8, 4) is 11.5 Å². The molecule has 35 heavy (non-hydrogen) atoms. The Morgan fingerprint density at radius 3 is 2.63 bits per heavy atom. The van der Waals surface area contributed by atoms with Crippen LogP contribution in [0, 0.1) is 0 Å². The molecule has 180 valence electrons. The number of hydrogen-bond acceptors (Lipinski definition) is 4. The van der Waals surface area contributed by atoms with Gasteiger partial charge in [0.25, 0.3) is 0 Å². The molecule has 0 radical (unpaired) electrons. The highest BCUT2D eigenvalue weighted by molar-refractivity contribution is 6.30. The average molecular weight is 490 g/mol. The Labute approximate surface area is 210 Å². The van der Waals surface area contributed by atoms with Crippen molar-refractivity contribution in [3.05, 3.63) is 83.6 Å². The van der Waals surface area contributed by atoms with Crippen LogP contribution >= 0.6 is 11.6 Å². The molecule has 0 unspecified atom stereocenters. The molecule has 1 aliphatic heterocycles. The lowest BCUT2D eigenvalue weighted by molar-refractivity contribution is -0.117. The number of fused-ring (bicyclic) bond motifs is 1. The summed E-state index contributed by atoms with van der Waals surface area (Å²) in [7, 11) is 1.65. The fourth-order valence-corrected chi connectivity index (χ4v) is 4.89. The highest BCUT2D eigenvalue weighted by atomic mass is 35.5. The molecule has 6 nitrogen and oxygen atoms in total. The van der Waals surface area contributed by atoms with E-state index in [4.69, 9.17) is 26.1 Å². The molecule has 2 heterocycles. The minimum absolute atomic E-state index is 0.0266. The van der Waals surface area contributed by atoms with Gasteiger partial charge >= 0.3 is 0 Å². The third-order valence-electron chi connectivity index (χ3n) is 6.40. The van der Waals surface area contributed by atoms with Crippen molar-refractivity contribution < 1.29 is 14.3 Å². The molecule has 1 fully saturated rings. The first-order chi connectivity index (χ1) is 17.1. The molecule has 1 amide bonds. The summed E-state index contributed by atoms with van der Waals surface area (Å²) in [5.74, 6) is 2.59. The van der Waals surface area contributed by atoms with Crippen molar-refractivity contribution in [2.75, 3.05) is 25.2 Å². The van der Waals surface area contributed by atoms with Crippen molar-refractivity contribution in [3.63, 3.8) is 0 Å². The Morgan fingerprint density at radius 1 is 1.00 bits per heavy atom. The summed E-state index contributed by atoms with van der Waals surface area (Å²) in [5, 5.41) is 0.626. The second kappa shape index (κ2) is 10.4. The zero-order valence-electron chi connectivity index (χ0n) is 19.7. The minimum Gasteiger partial charge on any atom is -0.493 e. The van der Waals surface area contributed by atoms with Gasteiger partial charge in [0.1, 0.15) is 5.82 Å². The number of para-hydroxylation sites is 4. The topological polar surface area (TPSA) is 56.6 Å². The molecule has 0 spiro atoms. The van der Waals surface area contributed by atoms with Crippen molar-refractivity contribution in [1.82, 2.24) is 9.55 Å². The van der Waals surface area contributed by atoms with Crippen LogP contribution in [-0.4, -0.2) is 35.7 Å². The Bertz CT molecular complexity index is 1340. The van der Waals surface area contributed by atoms with Gasteiger partial charge in [0, 0.05) is 36.1 Å². The molecule has 0 aliphatic carbocycles. The molecular weight excluding hydrogens is 462 g/mol. The van der Waals surface area contributed by atoms with E-state index < -0.39 is 0 Å². The summed E-state index contributed by atoms with van der Waals surface area (Å²) in [5.41, 5.74) is 2.89. The van der Waals surface area contributed by atoms with Gasteiger partial charge in [-0.1, -0.05) is 41.9 Å². The van der Waals surface area contributed by atoms with Crippen LogP contribution in [0.15, 0.2) is 72.8 Å². The zero-order valence-corrected chi connectivity index (χ0v) is 20.4. The van der Waals surface area contributed by atoms with E-state index in [1.54, 1.807) is 7.11 Å². The highest BCUT2D eigenvalue weighted by Crippen LogP contribution is 2.34. The maximum absolute atomic E-state index is 12.9. The lowest BCUT2D eigenvalue weighted by Crippen LogP contribution is -2.24. The third kappa shape index (κ3) is 4.98. The molecule has 0 bridgehead atoms. The van der Waals surface area contributed by atoms with Crippen molar-refractivity contribution in [1.29, 1.82) is 0 Å². The van der Waals surface area contributed by atoms with Gasteiger partial charge in [-0.3, -0.25) is 4.79 Å². The smallest absolute Gasteiger partial charge is 0.227 e. The summed E-state index contributed by atoms with van der Waals surface area (Å²) >= 11 is 6.17. The molecule has 1 atom stereocenters. The van der Waals surface area contributed by atoms with Crippen molar-refractivity contribution in [2.45, 2.75) is 31.7 Å². The van der Waals surface area contributed by atoms with E-state index in [9.17, 15) is 4.79 Å². The number of carbonyl (C=O) groups excluding carboxylic acids is 1. The summed E-state index contributed by atoms with van der Waals surface area (Å²) in [6.07, 6.45) is 2.26. The molecule has 0 saturated carbocycles. The summed E-state index contributed by atoms with van der Waals surface area (Å²) in [6.45, 7) is 2.01. The fourth-order valence-electron chi connectivity index (χ4n) is 4.71. The fraction of sp³-hybridized carbons (Fsp3) is 0.286. The van der Waals surface area contributed by atoms with Crippen LogP contribution in [0.1, 0.15) is 31.0 Å². The number of nitrogens with zero attached hydrogens (tertiary/aromatic N) is 3. The predicted molar refractivity (Wildman–Crippen MR) is 139 cm³/mol. The van der Waals surface area contributed by atoms with Gasteiger partial charge in [0.05, 0.1) is 24.8 Å². The number of amides is 1. The summed E-state index contributed by atoms with van der Waals surface area (Å²) in [4.78, 5) is 19.7. The molecule has 1 aromatic heterocycles. The Morgan fingerprint density at radius 2 is 1.80 bits per heavy atom. The van der Waals surface area contributed by atoms with E-state index in [2.05, 4.69) is 10.6 Å². The SMILES string of the molecule is COc1ccccc1OCCCCn1c([C@@H]2CC(=O)N(c3cccc(Cl)c3)C2)nc2ccccc21. The molecule has 1 aliphatic rings. The van der Waals surface area contributed by atoms with E-state index in [1.807, 2.05) is 71.6 Å². The first-order valence-corrected chi connectivity index (χ1v) is 12.3. The first-order valence-electron chi connectivity index (χ1n) is 11.9. The van der Waals surface area contributed by atoms with Crippen LogP contribution < -0.4 is 14.4 Å². The number of imidazole rings is 1. The van der Waals surface area contributed by atoms with Crippen LogP contribution in [0.2, 0.25) is 5.02 Å². The molecule has 1 saturated heterocycles. The van der Waals surface area contributed by atoms with Gasteiger partial charge in [-0.2, -0.15) is 0 Å². The Kier molecular flexibility index (Phi) is 6.91. The van der Waals surface area contributed by atoms with E-state index in [-0.39, 0.29) is 11.8 Å². The van der Waals surface area contributed by atoms with Crippen LogP contribution in [0.25, 0.3) is 11.0 Å².